The Hall–Kier alpha value is -1.62. The quantitative estimate of drug-likeness (QED) is 0.856. The van der Waals surface area contributed by atoms with Crippen molar-refractivity contribution in [3.63, 3.8) is 0 Å². The van der Waals surface area contributed by atoms with Crippen molar-refractivity contribution >= 4 is 33.0 Å². The van der Waals surface area contributed by atoms with Crippen molar-refractivity contribution in [2.45, 2.75) is 18.8 Å². The van der Waals surface area contributed by atoms with E-state index in [2.05, 4.69) is 20.9 Å². The summed E-state index contributed by atoms with van der Waals surface area (Å²) in [7, 11) is 0. The van der Waals surface area contributed by atoms with Crippen LogP contribution in [0.5, 0.6) is 0 Å². The molecular formula is C14H12BrNO3. The van der Waals surface area contributed by atoms with Crippen molar-refractivity contribution in [3.8, 4) is 0 Å². The molecule has 5 heteroatoms. The van der Waals surface area contributed by atoms with E-state index in [0.717, 1.165) is 9.99 Å². The second kappa shape index (κ2) is 4.81. The van der Waals surface area contributed by atoms with Crippen LogP contribution in [0.1, 0.15) is 24.7 Å². The summed E-state index contributed by atoms with van der Waals surface area (Å²) in [6.07, 6.45) is 5.09. The van der Waals surface area contributed by atoms with Gasteiger partial charge in [-0.3, -0.25) is 4.79 Å². The average Bonchev–Trinajstić information content (AvgIpc) is 2.84. The number of carboxylic acids is 1. The Morgan fingerprint density at radius 2 is 2.16 bits per heavy atom. The predicted octanol–water partition coefficient (Wildman–Crippen LogP) is 3.72. The summed E-state index contributed by atoms with van der Waals surface area (Å²) in [6.45, 7) is 0. The molecule has 0 unspecified atom stereocenters. The van der Waals surface area contributed by atoms with Gasteiger partial charge in [0.15, 0.2) is 11.5 Å². The predicted molar refractivity (Wildman–Crippen MR) is 73.9 cm³/mol. The Morgan fingerprint density at radius 1 is 1.37 bits per heavy atom. The maximum atomic E-state index is 11.3. The molecule has 19 heavy (non-hydrogen) atoms. The van der Waals surface area contributed by atoms with Crippen molar-refractivity contribution in [2.75, 3.05) is 0 Å². The Kier molecular flexibility index (Phi) is 3.14. The number of fused-ring (bicyclic) bond motifs is 1. The van der Waals surface area contributed by atoms with Crippen LogP contribution in [0.15, 0.2) is 39.2 Å². The van der Waals surface area contributed by atoms with Crippen molar-refractivity contribution in [3.05, 3.63) is 40.7 Å². The van der Waals surface area contributed by atoms with E-state index in [4.69, 9.17) is 4.42 Å². The summed E-state index contributed by atoms with van der Waals surface area (Å²) < 4.78 is 6.60. The van der Waals surface area contributed by atoms with Crippen LogP contribution < -0.4 is 0 Å². The Bertz CT molecular complexity index is 662. The van der Waals surface area contributed by atoms with Gasteiger partial charge in [-0.05, 0) is 40.9 Å². The fourth-order valence-corrected chi connectivity index (χ4v) is 2.89. The van der Waals surface area contributed by atoms with Crippen LogP contribution in [-0.4, -0.2) is 16.1 Å². The fourth-order valence-electron chi connectivity index (χ4n) is 2.45. The Balaban J connectivity index is 2.05. The third-order valence-corrected chi connectivity index (χ3v) is 4.07. The zero-order chi connectivity index (χ0) is 13.4. The van der Waals surface area contributed by atoms with Gasteiger partial charge in [-0.15, -0.1) is 0 Å². The lowest BCUT2D eigenvalue weighted by Gasteiger charge is -2.21. The molecule has 1 N–H and O–H groups in total. The van der Waals surface area contributed by atoms with Gasteiger partial charge in [-0.25, -0.2) is 4.98 Å². The van der Waals surface area contributed by atoms with Crippen LogP contribution >= 0.6 is 15.9 Å². The van der Waals surface area contributed by atoms with Gasteiger partial charge in [0.1, 0.15) is 5.52 Å². The van der Waals surface area contributed by atoms with Crippen LogP contribution in [0.3, 0.4) is 0 Å². The number of nitrogens with zero attached hydrogens (tertiary/aromatic N) is 1. The molecule has 0 saturated heterocycles. The molecule has 3 rings (SSSR count). The van der Waals surface area contributed by atoms with Gasteiger partial charge in [-0.2, -0.15) is 0 Å². The lowest BCUT2D eigenvalue weighted by Crippen LogP contribution is -2.23. The molecule has 1 aliphatic carbocycles. The molecule has 0 spiro atoms. The van der Waals surface area contributed by atoms with Crippen LogP contribution in [0, 0.1) is 5.92 Å². The van der Waals surface area contributed by atoms with E-state index in [1.54, 1.807) is 0 Å². The van der Waals surface area contributed by atoms with E-state index in [1.165, 1.54) is 0 Å². The van der Waals surface area contributed by atoms with Gasteiger partial charge in [0.25, 0.3) is 0 Å². The van der Waals surface area contributed by atoms with E-state index in [1.807, 2.05) is 30.4 Å². The normalized spacial score (nSPS) is 22.8. The highest BCUT2D eigenvalue weighted by Gasteiger charge is 2.33. The number of aromatic nitrogens is 1. The third-order valence-electron chi connectivity index (χ3n) is 3.45. The number of rotatable bonds is 2. The van der Waals surface area contributed by atoms with E-state index in [9.17, 15) is 9.90 Å². The van der Waals surface area contributed by atoms with Crippen molar-refractivity contribution < 1.29 is 14.3 Å². The molecule has 98 valence electrons. The topological polar surface area (TPSA) is 63.3 Å². The smallest absolute Gasteiger partial charge is 0.307 e. The molecule has 0 radical (unpaired) electrons. The minimum atomic E-state index is -0.796. The highest BCUT2D eigenvalue weighted by molar-refractivity contribution is 9.10. The first-order chi connectivity index (χ1) is 9.16. The van der Waals surface area contributed by atoms with Crippen molar-refractivity contribution in [1.29, 1.82) is 0 Å². The molecule has 1 aromatic heterocycles. The molecule has 1 heterocycles. The minimum Gasteiger partial charge on any atom is -0.481 e. The number of hydrogen-bond donors (Lipinski definition) is 1. The second-order valence-corrected chi connectivity index (χ2v) is 5.49. The highest BCUT2D eigenvalue weighted by atomic mass is 79.9. The Labute approximate surface area is 118 Å². The minimum absolute atomic E-state index is 0.193. The number of carboxylic acid groups (broad SMARTS) is 1. The summed E-state index contributed by atoms with van der Waals surface area (Å²) >= 11 is 3.41. The standard InChI is InChI=1S/C14H12BrNO3/c15-10-6-3-7-11-12(10)19-13(16-11)8-4-1-2-5-9(8)14(17)18/h1-3,6-9H,4-5H2,(H,17,18)/t8-,9+/m1/s1. The maximum Gasteiger partial charge on any atom is 0.307 e. The monoisotopic (exact) mass is 321 g/mol. The molecule has 0 amide bonds. The van der Waals surface area contributed by atoms with Crippen LogP contribution in [0.25, 0.3) is 11.1 Å². The van der Waals surface area contributed by atoms with Gasteiger partial charge >= 0.3 is 5.97 Å². The molecule has 0 aliphatic heterocycles. The molecule has 2 atom stereocenters. The van der Waals surface area contributed by atoms with Gasteiger partial charge in [0.05, 0.1) is 16.3 Å². The SMILES string of the molecule is O=C(O)[C@H]1CC=CC[C@H]1c1nc2cccc(Br)c2o1. The summed E-state index contributed by atoms with van der Waals surface area (Å²) in [4.78, 5) is 15.7. The first kappa shape index (κ1) is 12.4. The van der Waals surface area contributed by atoms with Crippen molar-refractivity contribution in [1.82, 2.24) is 4.98 Å². The number of halogens is 1. The fraction of sp³-hybridized carbons (Fsp3) is 0.286. The lowest BCUT2D eigenvalue weighted by molar-refractivity contribution is -0.142. The van der Waals surface area contributed by atoms with Crippen molar-refractivity contribution in [2.24, 2.45) is 5.92 Å². The first-order valence-electron chi connectivity index (χ1n) is 6.09. The summed E-state index contributed by atoms with van der Waals surface area (Å²) in [5, 5.41) is 9.29. The van der Waals surface area contributed by atoms with E-state index >= 15 is 0 Å². The molecular weight excluding hydrogens is 310 g/mol. The number of hydrogen-bond acceptors (Lipinski definition) is 3. The molecule has 1 aliphatic rings. The summed E-state index contributed by atoms with van der Waals surface area (Å²) in [6, 6.07) is 5.63. The van der Waals surface area contributed by atoms with Crippen LogP contribution in [-0.2, 0) is 4.79 Å². The number of carbonyl (C=O) groups is 1. The number of benzene rings is 1. The number of oxazole rings is 1. The number of aliphatic carboxylic acids is 1. The maximum absolute atomic E-state index is 11.3. The summed E-state index contributed by atoms with van der Waals surface area (Å²) in [5.74, 6) is -0.937. The highest BCUT2D eigenvalue weighted by Crippen LogP contribution is 2.36. The van der Waals surface area contributed by atoms with Gasteiger partial charge in [0.2, 0.25) is 0 Å². The summed E-state index contributed by atoms with van der Waals surface area (Å²) in [5.41, 5.74) is 1.43. The zero-order valence-electron chi connectivity index (χ0n) is 10.0. The lowest BCUT2D eigenvalue weighted by atomic mass is 9.83. The largest absolute Gasteiger partial charge is 0.481 e. The van der Waals surface area contributed by atoms with E-state index < -0.39 is 11.9 Å². The van der Waals surface area contributed by atoms with E-state index in [0.29, 0.717) is 24.3 Å². The molecule has 0 saturated carbocycles. The number of para-hydroxylation sites is 1. The zero-order valence-corrected chi connectivity index (χ0v) is 11.6. The molecule has 1 aromatic carbocycles. The van der Waals surface area contributed by atoms with Gasteiger partial charge in [0, 0.05) is 0 Å². The molecule has 2 aromatic rings. The van der Waals surface area contributed by atoms with Gasteiger partial charge in [-0.1, -0.05) is 18.2 Å². The molecule has 4 nitrogen and oxygen atoms in total. The van der Waals surface area contributed by atoms with Crippen LogP contribution in [0.2, 0.25) is 0 Å². The Morgan fingerprint density at radius 3 is 2.89 bits per heavy atom. The molecule has 0 fully saturated rings. The number of allylic oxidation sites excluding steroid dienone is 2. The van der Waals surface area contributed by atoms with Gasteiger partial charge < -0.3 is 9.52 Å². The van der Waals surface area contributed by atoms with Crippen LogP contribution in [0.4, 0.5) is 0 Å². The first-order valence-corrected chi connectivity index (χ1v) is 6.89. The average molecular weight is 322 g/mol. The van der Waals surface area contributed by atoms with E-state index in [-0.39, 0.29) is 5.92 Å². The molecule has 0 bridgehead atoms. The second-order valence-electron chi connectivity index (χ2n) is 4.63. The third kappa shape index (κ3) is 2.18.